The molecule has 0 spiro atoms. The Labute approximate surface area is 260 Å². The second-order valence-electron chi connectivity index (χ2n) is 14.7. The summed E-state index contributed by atoms with van der Waals surface area (Å²) in [5, 5.41) is 3.81. The summed E-state index contributed by atoms with van der Waals surface area (Å²) in [5.74, 6) is 4.60. The molecular formula is C34H60N2O7. The van der Waals surface area contributed by atoms with Crippen molar-refractivity contribution in [3.8, 4) is 0 Å². The maximum atomic E-state index is 11.6. The van der Waals surface area contributed by atoms with Crippen LogP contribution in [0, 0.1) is 58.2 Å². The summed E-state index contributed by atoms with van der Waals surface area (Å²) in [7, 11) is 3.44. The monoisotopic (exact) mass is 608 g/mol. The van der Waals surface area contributed by atoms with Crippen molar-refractivity contribution in [2.45, 2.75) is 112 Å². The lowest BCUT2D eigenvalue weighted by atomic mass is 9.41. The van der Waals surface area contributed by atoms with Gasteiger partial charge in [0.1, 0.15) is 19.4 Å². The summed E-state index contributed by atoms with van der Waals surface area (Å²) in [6, 6.07) is 0. The third-order valence-electron chi connectivity index (χ3n) is 12.5. The van der Waals surface area contributed by atoms with Gasteiger partial charge in [0.2, 0.25) is 0 Å². The summed E-state index contributed by atoms with van der Waals surface area (Å²) >= 11 is 0. The van der Waals surface area contributed by atoms with E-state index in [9.17, 15) is 4.79 Å². The number of methoxy groups -OCH3 is 2. The lowest BCUT2D eigenvalue weighted by Crippen LogP contribution is -2.62. The molecule has 9 heteroatoms. The molecule has 4 rings (SSSR count). The highest BCUT2D eigenvalue weighted by Gasteiger charge is 2.67. The number of rotatable bonds is 13. The Morgan fingerprint density at radius 2 is 1.67 bits per heavy atom. The molecule has 4 aliphatic rings. The zero-order valence-corrected chi connectivity index (χ0v) is 28.1. The average Bonchev–Trinajstić information content (AvgIpc) is 3.29. The molecule has 9 nitrogen and oxygen atoms in total. The highest BCUT2D eigenvalue weighted by molar-refractivity contribution is 5.80. The first-order valence-corrected chi connectivity index (χ1v) is 16.9. The van der Waals surface area contributed by atoms with Gasteiger partial charge in [-0.2, -0.15) is 0 Å². The van der Waals surface area contributed by atoms with E-state index in [1.807, 2.05) is 0 Å². The van der Waals surface area contributed by atoms with Gasteiger partial charge in [0.05, 0.1) is 18.8 Å². The van der Waals surface area contributed by atoms with E-state index in [2.05, 4.69) is 39.8 Å². The maximum absolute atomic E-state index is 11.6. The molecular weight excluding hydrogens is 548 g/mol. The van der Waals surface area contributed by atoms with Crippen molar-refractivity contribution in [1.82, 2.24) is 0 Å². The van der Waals surface area contributed by atoms with Crippen molar-refractivity contribution in [3.63, 3.8) is 0 Å². The zero-order valence-electron chi connectivity index (χ0n) is 28.1. The van der Waals surface area contributed by atoms with E-state index in [1.165, 1.54) is 32.1 Å². The number of oxime groups is 1. The molecule has 0 aromatic carbocycles. The second-order valence-corrected chi connectivity index (χ2v) is 14.7. The average molecular weight is 609 g/mol. The molecule has 43 heavy (non-hydrogen) atoms. The normalized spacial score (nSPS) is 41.6. The topological polar surface area (TPSA) is 111 Å². The molecule has 4 saturated carbocycles. The molecule has 0 aliphatic heterocycles. The standard InChI is InChI=1S/C34H60N2O7/c1-9-23-25-17-21(3)13-15-33(25,5)24-14-16-34(6)26(29(24)31(23)42-20-39-8)18-27(41-19-38-7)30(34)22(4)11-12-28(35)36-43-32(37)40-10-2/h21-27,29-31H,9-20H2,1-8H3,(H2,35,36)/t21-,22-,23-,24?,25+,26?,27+,29?,30+,31?,33-,34+/m1/s1. The number of hydrogen-bond donors (Lipinski definition) is 1. The van der Waals surface area contributed by atoms with Crippen molar-refractivity contribution in [2.24, 2.45) is 69.1 Å². The summed E-state index contributed by atoms with van der Waals surface area (Å²) < 4.78 is 29.1. The molecule has 0 aromatic rings. The van der Waals surface area contributed by atoms with Crippen LogP contribution in [0.15, 0.2) is 5.16 Å². The Hall–Kier alpha value is -1.42. The second kappa shape index (κ2) is 14.8. The number of fused-ring (bicyclic) bond motifs is 5. The molecule has 2 N–H and O–H groups in total. The lowest BCUT2D eigenvalue weighted by Gasteiger charge is -2.65. The SMILES string of the molecule is CCOC(=O)ON=C(N)CC[C@@H](C)[C@H]1[C@@H](OCOC)CC2C3C(OCOC)[C@H](CC)[C@@H]4C[C@H](C)CC[C@]4(C)C3CC[C@@]21C. The molecule has 0 amide bonds. The molecule has 0 bridgehead atoms. The fourth-order valence-corrected chi connectivity index (χ4v) is 10.7. The number of nitrogens with two attached hydrogens (primary N) is 1. The zero-order chi connectivity index (χ0) is 31.4. The van der Waals surface area contributed by atoms with Crippen LogP contribution in [0.5, 0.6) is 0 Å². The highest BCUT2D eigenvalue weighted by Crippen LogP contribution is 2.70. The van der Waals surface area contributed by atoms with E-state index in [0.717, 1.165) is 25.2 Å². The molecule has 0 heterocycles. The molecule has 4 aliphatic carbocycles. The van der Waals surface area contributed by atoms with E-state index in [1.54, 1.807) is 21.1 Å². The molecule has 0 saturated heterocycles. The molecule has 12 atom stereocenters. The minimum absolute atomic E-state index is 0.0951. The Kier molecular flexibility index (Phi) is 11.8. The van der Waals surface area contributed by atoms with Gasteiger partial charge in [0.25, 0.3) is 0 Å². The molecule has 4 fully saturated rings. The van der Waals surface area contributed by atoms with Crippen LogP contribution in [-0.4, -0.2) is 58.6 Å². The van der Waals surface area contributed by atoms with Gasteiger partial charge in [-0.1, -0.05) is 52.6 Å². The van der Waals surface area contributed by atoms with Crippen LogP contribution in [-0.2, 0) is 28.5 Å². The maximum Gasteiger partial charge on any atom is 0.535 e. The molecule has 4 unspecified atom stereocenters. The van der Waals surface area contributed by atoms with Crippen LogP contribution in [0.3, 0.4) is 0 Å². The minimum atomic E-state index is -0.832. The van der Waals surface area contributed by atoms with Crippen LogP contribution >= 0.6 is 0 Å². The van der Waals surface area contributed by atoms with Crippen molar-refractivity contribution in [3.05, 3.63) is 0 Å². The molecule has 0 aromatic heterocycles. The van der Waals surface area contributed by atoms with Crippen molar-refractivity contribution < 1.29 is 33.3 Å². The van der Waals surface area contributed by atoms with E-state index in [4.69, 9.17) is 34.3 Å². The van der Waals surface area contributed by atoms with Gasteiger partial charge in [-0.25, -0.2) is 4.79 Å². The van der Waals surface area contributed by atoms with Crippen LogP contribution in [0.1, 0.15) is 99.3 Å². The summed E-state index contributed by atoms with van der Waals surface area (Å²) in [6.07, 6.45) is 9.39. The first-order chi connectivity index (χ1) is 20.5. The van der Waals surface area contributed by atoms with Crippen LogP contribution in [0.25, 0.3) is 0 Å². The Bertz CT molecular complexity index is 948. The van der Waals surface area contributed by atoms with Gasteiger partial charge in [-0.05, 0) is 104 Å². The lowest BCUT2D eigenvalue weighted by molar-refractivity contribution is -0.231. The van der Waals surface area contributed by atoms with Gasteiger partial charge in [0.15, 0.2) is 0 Å². The first kappa shape index (κ1) is 34.5. The summed E-state index contributed by atoms with van der Waals surface area (Å²) in [4.78, 5) is 16.4. The number of amidine groups is 1. The third-order valence-corrected chi connectivity index (χ3v) is 12.5. The van der Waals surface area contributed by atoms with E-state index in [-0.39, 0.29) is 24.2 Å². The Morgan fingerprint density at radius 1 is 0.977 bits per heavy atom. The number of hydrogen-bond acceptors (Lipinski definition) is 8. The van der Waals surface area contributed by atoms with Crippen molar-refractivity contribution in [1.29, 1.82) is 0 Å². The number of carbonyl (C=O) groups excluding carboxylic acids is 1. The molecule has 0 radical (unpaired) electrons. The van der Waals surface area contributed by atoms with Crippen molar-refractivity contribution in [2.75, 3.05) is 34.4 Å². The van der Waals surface area contributed by atoms with Gasteiger partial charge in [-0.3, -0.25) is 4.84 Å². The quantitative estimate of drug-likeness (QED) is 0.0596. The fourth-order valence-electron chi connectivity index (χ4n) is 10.7. The molecule has 248 valence electrons. The van der Waals surface area contributed by atoms with Crippen LogP contribution < -0.4 is 5.73 Å². The van der Waals surface area contributed by atoms with E-state index < -0.39 is 6.16 Å². The largest absolute Gasteiger partial charge is 0.535 e. The van der Waals surface area contributed by atoms with Crippen LogP contribution in [0.4, 0.5) is 4.79 Å². The van der Waals surface area contributed by atoms with Gasteiger partial charge >= 0.3 is 6.16 Å². The van der Waals surface area contributed by atoms with Gasteiger partial charge in [0, 0.05) is 20.6 Å². The smallest absolute Gasteiger partial charge is 0.433 e. The summed E-state index contributed by atoms with van der Waals surface area (Å²) in [5.41, 5.74) is 6.60. The van der Waals surface area contributed by atoms with E-state index in [0.29, 0.717) is 72.7 Å². The number of ether oxygens (including phenoxy) is 5. The number of carbonyl (C=O) groups is 1. The predicted molar refractivity (Wildman–Crippen MR) is 166 cm³/mol. The highest BCUT2D eigenvalue weighted by atomic mass is 16.8. The van der Waals surface area contributed by atoms with Crippen LogP contribution in [0.2, 0.25) is 0 Å². The van der Waals surface area contributed by atoms with Crippen molar-refractivity contribution >= 4 is 12.0 Å². The van der Waals surface area contributed by atoms with Gasteiger partial charge < -0.3 is 29.4 Å². The third kappa shape index (κ3) is 6.90. The van der Waals surface area contributed by atoms with Gasteiger partial charge in [-0.15, -0.1) is 0 Å². The fraction of sp³-hybridized carbons (Fsp3) is 0.941. The minimum Gasteiger partial charge on any atom is -0.433 e. The van der Waals surface area contributed by atoms with E-state index >= 15 is 0 Å². The Morgan fingerprint density at radius 3 is 2.35 bits per heavy atom. The summed E-state index contributed by atoms with van der Waals surface area (Å²) in [6.45, 7) is 14.9. The number of nitrogens with zero attached hydrogens (tertiary/aromatic N) is 1. The Balaban J connectivity index is 1.62. The predicted octanol–water partition coefficient (Wildman–Crippen LogP) is 6.98. The first-order valence-electron chi connectivity index (χ1n) is 16.9.